The van der Waals surface area contributed by atoms with Crippen molar-refractivity contribution in [1.82, 2.24) is 5.32 Å². The second kappa shape index (κ2) is 8.37. The second-order valence-corrected chi connectivity index (χ2v) is 6.41. The van der Waals surface area contributed by atoms with E-state index in [1.54, 1.807) is 12.1 Å². The fourth-order valence-electron chi connectivity index (χ4n) is 2.18. The Morgan fingerprint density at radius 1 is 1.48 bits per heavy atom. The Labute approximate surface area is 150 Å². The predicted molar refractivity (Wildman–Crippen MR) is 91.2 cm³/mol. The molecule has 138 valence electrons. The summed E-state index contributed by atoms with van der Waals surface area (Å²) in [5.41, 5.74) is -1.73. The van der Waals surface area contributed by atoms with Crippen molar-refractivity contribution in [2.75, 3.05) is 25.1 Å². The normalized spacial score (nSPS) is 19.1. The largest absolute Gasteiger partial charge is 0.489 e. The third-order valence-corrected chi connectivity index (χ3v) is 3.93. The molecular formula is C16H21ClN2O6. The topological polar surface area (TPSA) is 117 Å². The molecule has 1 aliphatic rings. The maximum Gasteiger partial charge on any atom is 0.337 e. The Morgan fingerprint density at radius 2 is 2.24 bits per heavy atom. The molecule has 2 atom stereocenters. The zero-order valence-electron chi connectivity index (χ0n) is 13.8. The predicted octanol–water partition coefficient (Wildman–Crippen LogP) is 1.85. The van der Waals surface area contributed by atoms with Crippen molar-refractivity contribution < 1.29 is 29.3 Å². The van der Waals surface area contributed by atoms with E-state index < -0.39 is 24.1 Å². The minimum Gasteiger partial charge on any atom is -0.489 e. The molecule has 25 heavy (non-hydrogen) atoms. The van der Waals surface area contributed by atoms with Gasteiger partial charge in [0.05, 0.1) is 18.3 Å². The summed E-state index contributed by atoms with van der Waals surface area (Å²) in [5.74, 6) is -1.02. The zero-order valence-corrected chi connectivity index (χ0v) is 14.5. The number of urea groups is 1. The highest BCUT2D eigenvalue weighted by Gasteiger charge is 2.30. The molecule has 1 heterocycles. The third kappa shape index (κ3) is 5.77. The van der Waals surface area contributed by atoms with Gasteiger partial charge in [0.1, 0.15) is 12.4 Å². The van der Waals surface area contributed by atoms with Crippen molar-refractivity contribution in [2.45, 2.75) is 31.5 Å². The van der Waals surface area contributed by atoms with Crippen LogP contribution in [0.5, 0.6) is 5.75 Å². The van der Waals surface area contributed by atoms with Crippen LogP contribution < -0.4 is 15.4 Å². The van der Waals surface area contributed by atoms with Crippen LogP contribution in [0.4, 0.5) is 10.5 Å². The lowest BCUT2D eigenvalue weighted by molar-refractivity contribution is -0.155. The summed E-state index contributed by atoms with van der Waals surface area (Å²) in [6, 6.07) is 4.08. The van der Waals surface area contributed by atoms with Crippen LogP contribution >= 0.6 is 11.6 Å². The molecule has 4 N–H and O–H groups in total. The highest BCUT2D eigenvalue weighted by Crippen LogP contribution is 2.28. The number of hydrogen-bond donors (Lipinski definition) is 4. The number of ether oxygens (including phenoxy) is 2. The minimum atomic E-state index is -2.06. The monoisotopic (exact) mass is 372 g/mol. The maximum atomic E-state index is 12.0. The van der Waals surface area contributed by atoms with Gasteiger partial charge in [-0.15, -0.1) is 0 Å². The van der Waals surface area contributed by atoms with Gasteiger partial charge in [-0.2, -0.15) is 0 Å². The molecule has 1 aromatic carbocycles. The first-order chi connectivity index (χ1) is 11.8. The molecule has 0 aliphatic carbocycles. The first-order valence-corrected chi connectivity index (χ1v) is 8.20. The van der Waals surface area contributed by atoms with Gasteiger partial charge in [-0.3, -0.25) is 0 Å². The SMILES string of the molecule is CC(O)(CNC(=O)Nc1cc(Cl)ccc1OCC1CCCO1)C(=O)O. The van der Waals surface area contributed by atoms with Crippen LogP contribution in [0.3, 0.4) is 0 Å². The number of benzene rings is 1. The number of rotatable bonds is 7. The molecule has 0 radical (unpaired) electrons. The summed E-state index contributed by atoms with van der Waals surface area (Å²) in [7, 11) is 0. The highest BCUT2D eigenvalue weighted by atomic mass is 35.5. The molecule has 8 nitrogen and oxygen atoms in total. The molecule has 1 fully saturated rings. The maximum absolute atomic E-state index is 12.0. The Balaban J connectivity index is 1.96. The fourth-order valence-corrected chi connectivity index (χ4v) is 2.35. The van der Waals surface area contributed by atoms with Gasteiger partial charge >= 0.3 is 12.0 Å². The van der Waals surface area contributed by atoms with Gasteiger partial charge in [-0.1, -0.05) is 11.6 Å². The van der Waals surface area contributed by atoms with Crippen molar-refractivity contribution in [3.8, 4) is 5.75 Å². The van der Waals surface area contributed by atoms with Crippen molar-refractivity contribution >= 4 is 29.3 Å². The summed E-state index contributed by atoms with van der Waals surface area (Å²) in [4.78, 5) is 22.8. The molecule has 0 spiro atoms. The number of halogens is 1. The molecule has 2 unspecified atom stereocenters. The lowest BCUT2D eigenvalue weighted by Crippen LogP contribution is -2.47. The Morgan fingerprint density at radius 3 is 2.88 bits per heavy atom. The van der Waals surface area contributed by atoms with Gasteiger partial charge in [0.15, 0.2) is 5.60 Å². The number of nitrogens with one attached hydrogen (secondary N) is 2. The standard InChI is InChI=1S/C16H21ClN2O6/c1-16(23,14(20)21)9-18-15(22)19-12-7-10(17)4-5-13(12)25-8-11-3-2-6-24-11/h4-5,7,11,23H,2-3,6,8-9H2,1H3,(H,20,21)(H2,18,19,22). The quantitative estimate of drug-likeness (QED) is 0.580. The number of carbonyl (C=O) groups is 2. The average molecular weight is 373 g/mol. The van der Waals surface area contributed by atoms with E-state index in [2.05, 4.69) is 10.6 Å². The number of carbonyl (C=O) groups excluding carboxylic acids is 1. The average Bonchev–Trinajstić information content (AvgIpc) is 3.05. The summed E-state index contributed by atoms with van der Waals surface area (Å²) >= 11 is 5.95. The molecule has 2 rings (SSSR count). The van der Waals surface area contributed by atoms with Gasteiger partial charge in [-0.05, 0) is 38.0 Å². The zero-order chi connectivity index (χ0) is 18.4. The van der Waals surface area contributed by atoms with Crippen LogP contribution in [-0.4, -0.2) is 53.7 Å². The van der Waals surface area contributed by atoms with Gasteiger partial charge in [0.2, 0.25) is 0 Å². The van der Waals surface area contributed by atoms with Crippen molar-refractivity contribution in [2.24, 2.45) is 0 Å². The molecule has 0 aromatic heterocycles. The number of aliphatic hydroxyl groups is 1. The van der Waals surface area contributed by atoms with E-state index in [4.69, 9.17) is 26.2 Å². The van der Waals surface area contributed by atoms with Crippen LogP contribution in [0.1, 0.15) is 19.8 Å². The van der Waals surface area contributed by atoms with Gasteiger partial charge in [0, 0.05) is 11.6 Å². The van der Waals surface area contributed by atoms with Gasteiger partial charge < -0.3 is 30.3 Å². The molecule has 0 saturated carbocycles. The van der Waals surface area contributed by atoms with E-state index in [0.29, 0.717) is 29.7 Å². The van der Waals surface area contributed by atoms with Crippen LogP contribution in [0.15, 0.2) is 18.2 Å². The first kappa shape index (κ1) is 19.3. The van der Waals surface area contributed by atoms with E-state index in [0.717, 1.165) is 19.8 Å². The Bertz CT molecular complexity index is 631. The summed E-state index contributed by atoms with van der Waals surface area (Å²) in [6.07, 6.45) is 1.93. The van der Waals surface area contributed by atoms with Gasteiger partial charge in [-0.25, -0.2) is 9.59 Å². The molecule has 9 heteroatoms. The summed E-state index contributed by atoms with van der Waals surface area (Å²) < 4.78 is 11.2. The summed E-state index contributed by atoms with van der Waals surface area (Å²) in [5, 5.41) is 23.7. The van der Waals surface area contributed by atoms with Crippen molar-refractivity contribution in [3.05, 3.63) is 23.2 Å². The van der Waals surface area contributed by atoms with Gasteiger partial charge in [0.25, 0.3) is 0 Å². The smallest absolute Gasteiger partial charge is 0.337 e. The number of hydrogen-bond acceptors (Lipinski definition) is 5. The summed E-state index contributed by atoms with van der Waals surface area (Å²) in [6.45, 7) is 1.70. The second-order valence-electron chi connectivity index (χ2n) is 5.97. The van der Waals surface area contributed by atoms with E-state index >= 15 is 0 Å². The van der Waals surface area contributed by atoms with E-state index in [9.17, 15) is 14.7 Å². The number of amides is 2. The highest BCUT2D eigenvalue weighted by molar-refractivity contribution is 6.31. The van der Waals surface area contributed by atoms with Crippen LogP contribution in [-0.2, 0) is 9.53 Å². The number of aliphatic carboxylic acids is 1. The van der Waals surface area contributed by atoms with Crippen molar-refractivity contribution in [1.29, 1.82) is 0 Å². The molecule has 1 aromatic rings. The minimum absolute atomic E-state index is 0.0167. The number of carboxylic acids is 1. The molecule has 1 aliphatic heterocycles. The molecule has 0 bridgehead atoms. The Kier molecular flexibility index (Phi) is 6.46. The lowest BCUT2D eigenvalue weighted by Gasteiger charge is -2.19. The number of carboxylic acid groups (broad SMARTS) is 1. The number of anilines is 1. The first-order valence-electron chi connectivity index (χ1n) is 7.82. The van der Waals surface area contributed by atoms with E-state index in [-0.39, 0.29) is 6.10 Å². The van der Waals surface area contributed by atoms with Crippen LogP contribution in [0, 0.1) is 0 Å². The fraction of sp³-hybridized carbons (Fsp3) is 0.500. The van der Waals surface area contributed by atoms with E-state index in [1.807, 2.05) is 0 Å². The lowest BCUT2D eigenvalue weighted by atomic mass is 10.1. The Hall–Kier alpha value is -2.03. The molecular weight excluding hydrogens is 352 g/mol. The van der Waals surface area contributed by atoms with Crippen molar-refractivity contribution in [3.63, 3.8) is 0 Å². The third-order valence-electron chi connectivity index (χ3n) is 3.69. The molecule has 1 saturated heterocycles. The van der Waals surface area contributed by atoms with Crippen LogP contribution in [0.2, 0.25) is 5.02 Å². The molecule has 2 amide bonds. The van der Waals surface area contributed by atoms with E-state index in [1.165, 1.54) is 6.07 Å². The van der Waals surface area contributed by atoms with Crippen LogP contribution in [0.25, 0.3) is 0 Å².